The Morgan fingerprint density at radius 2 is 2.22 bits per heavy atom. The number of carbonyl (C=O) groups is 1. The predicted octanol–water partition coefficient (Wildman–Crippen LogP) is 1.23. The summed E-state index contributed by atoms with van der Waals surface area (Å²) in [5.41, 5.74) is -0.431. The normalized spacial score (nSPS) is 29.4. The van der Waals surface area contributed by atoms with E-state index in [1.54, 1.807) is 4.90 Å². The molecule has 0 aliphatic carbocycles. The first kappa shape index (κ1) is 13.6. The number of likely N-dealkylation sites (tertiary alicyclic amines) is 1. The van der Waals surface area contributed by atoms with Crippen molar-refractivity contribution in [3.63, 3.8) is 0 Å². The van der Waals surface area contributed by atoms with Gasteiger partial charge in [-0.05, 0) is 27.2 Å². The van der Waals surface area contributed by atoms with Crippen LogP contribution in [0.25, 0.3) is 0 Å². The number of fused-ring (bicyclic) bond motifs is 1. The van der Waals surface area contributed by atoms with Gasteiger partial charge in [-0.3, -0.25) is 0 Å². The Labute approximate surface area is 109 Å². The number of piperidine rings is 1. The average molecular weight is 256 g/mol. The third-order valence-electron chi connectivity index (χ3n) is 3.36. The summed E-state index contributed by atoms with van der Waals surface area (Å²) in [5.74, 6) is 0.520. The van der Waals surface area contributed by atoms with Crippen LogP contribution >= 0.6 is 0 Å². The molecule has 0 spiro atoms. The van der Waals surface area contributed by atoms with E-state index in [-0.39, 0.29) is 12.2 Å². The second kappa shape index (κ2) is 5.45. The van der Waals surface area contributed by atoms with Gasteiger partial charge in [0.15, 0.2) is 0 Å². The van der Waals surface area contributed by atoms with Crippen molar-refractivity contribution < 1.29 is 14.3 Å². The standard InChI is InChI=1S/C13H24N2O3/c1-13(2,3)18-12(16)15-6-4-10-8-14-5-7-17-11(10)9-15/h10-11,14H,4-9H2,1-3H3/t10-,11-/m0/s1. The highest BCUT2D eigenvalue weighted by Gasteiger charge is 2.34. The smallest absolute Gasteiger partial charge is 0.410 e. The molecule has 0 aromatic heterocycles. The third kappa shape index (κ3) is 3.59. The molecule has 18 heavy (non-hydrogen) atoms. The molecule has 2 rings (SSSR count). The van der Waals surface area contributed by atoms with Crippen LogP contribution in [0.1, 0.15) is 27.2 Å². The lowest BCUT2D eigenvalue weighted by Crippen LogP contribution is -2.50. The Hall–Kier alpha value is -0.810. The van der Waals surface area contributed by atoms with Crippen molar-refractivity contribution in [1.82, 2.24) is 10.2 Å². The molecule has 104 valence electrons. The molecule has 0 aromatic carbocycles. The topological polar surface area (TPSA) is 50.8 Å². The molecule has 2 saturated heterocycles. The summed E-state index contributed by atoms with van der Waals surface area (Å²) >= 11 is 0. The van der Waals surface area contributed by atoms with Crippen molar-refractivity contribution in [2.75, 3.05) is 32.8 Å². The fourth-order valence-corrected chi connectivity index (χ4v) is 2.45. The number of rotatable bonds is 0. The molecule has 1 N–H and O–H groups in total. The van der Waals surface area contributed by atoms with Crippen LogP contribution in [0.4, 0.5) is 4.79 Å². The molecule has 2 fully saturated rings. The van der Waals surface area contributed by atoms with Gasteiger partial charge in [0.25, 0.3) is 0 Å². The zero-order valence-corrected chi connectivity index (χ0v) is 11.6. The van der Waals surface area contributed by atoms with Crippen molar-refractivity contribution >= 4 is 6.09 Å². The van der Waals surface area contributed by atoms with Gasteiger partial charge in [0.2, 0.25) is 0 Å². The first-order chi connectivity index (χ1) is 8.46. The van der Waals surface area contributed by atoms with Crippen LogP contribution in [-0.4, -0.2) is 55.5 Å². The van der Waals surface area contributed by atoms with Crippen LogP contribution in [-0.2, 0) is 9.47 Å². The Bertz CT molecular complexity index is 301. The van der Waals surface area contributed by atoms with Crippen LogP contribution < -0.4 is 5.32 Å². The summed E-state index contributed by atoms with van der Waals surface area (Å²) in [6, 6.07) is 0. The number of amides is 1. The number of hydrogen-bond acceptors (Lipinski definition) is 4. The van der Waals surface area contributed by atoms with Gasteiger partial charge in [-0.25, -0.2) is 4.79 Å². The van der Waals surface area contributed by atoms with E-state index in [2.05, 4.69) is 5.32 Å². The molecule has 2 aliphatic heterocycles. The van der Waals surface area contributed by atoms with Crippen LogP contribution in [0.2, 0.25) is 0 Å². The largest absolute Gasteiger partial charge is 0.444 e. The Balaban J connectivity index is 1.91. The van der Waals surface area contributed by atoms with Gasteiger partial charge in [-0.15, -0.1) is 0 Å². The summed E-state index contributed by atoms with van der Waals surface area (Å²) in [4.78, 5) is 13.8. The van der Waals surface area contributed by atoms with E-state index >= 15 is 0 Å². The van der Waals surface area contributed by atoms with E-state index in [9.17, 15) is 4.79 Å². The average Bonchev–Trinajstić information content (AvgIpc) is 2.50. The maximum absolute atomic E-state index is 12.0. The van der Waals surface area contributed by atoms with Crippen LogP contribution in [0, 0.1) is 5.92 Å². The number of nitrogens with zero attached hydrogens (tertiary/aromatic N) is 1. The van der Waals surface area contributed by atoms with E-state index in [1.165, 1.54) is 0 Å². The van der Waals surface area contributed by atoms with Crippen LogP contribution in [0.3, 0.4) is 0 Å². The number of hydrogen-bond donors (Lipinski definition) is 1. The molecule has 1 amide bonds. The van der Waals surface area contributed by atoms with Gasteiger partial charge in [-0.2, -0.15) is 0 Å². The van der Waals surface area contributed by atoms with Crippen molar-refractivity contribution in [2.24, 2.45) is 5.92 Å². The van der Waals surface area contributed by atoms with Gasteiger partial charge in [0, 0.05) is 25.6 Å². The third-order valence-corrected chi connectivity index (χ3v) is 3.36. The Morgan fingerprint density at radius 1 is 1.44 bits per heavy atom. The van der Waals surface area contributed by atoms with Gasteiger partial charge in [0.1, 0.15) is 5.60 Å². The molecule has 5 heteroatoms. The maximum Gasteiger partial charge on any atom is 0.410 e. The number of carbonyl (C=O) groups excluding carboxylic acids is 1. The van der Waals surface area contributed by atoms with E-state index in [0.29, 0.717) is 12.5 Å². The van der Waals surface area contributed by atoms with E-state index in [1.807, 2.05) is 20.8 Å². The van der Waals surface area contributed by atoms with Gasteiger partial charge in [0.05, 0.1) is 19.3 Å². The second-order valence-corrected chi connectivity index (χ2v) is 6.09. The van der Waals surface area contributed by atoms with E-state index in [0.717, 1.165) is 32.7 Å². The minimum atomic E-state index is -0.431. The first-order valence-electron chi connectivity index (χ1n) is 6.76. The van der Waals surface area contributed by atoms with Crippen LogP contribution in [0.5, 0.6) is 0 Å². The van der Waals surface area contributed by atoms with Crippen molar-refractivity contribution in [3.05, 3.63) is 0 Å². The highest BCUT2D eigenvalue weighted by atomic mass is 16.6. The second-order valence-electron chi connectivity index (χ2n) is 6.09. The summed E-state index contributed by atoms with van der Waals surface area (Å²) in [7, 11) is 0. The van der Waals surface area contributed by atoms with Gasteiger partial charge < -0.3 is 19.7 Å². The predicted molar refractivity (Wildman–Crippen MR) is 68.5 cm³/mol. The molecule has 0 saturated carbocycles. The van der Waals surface area contributed by atoms with Gasteiger partial charge in [-0.1, -0.05) is 0 Å². The van der Waals surface area contributed by atoms with E-state index in [4.69, 9.17) is 9.47 Å². The molecule has 5 nitrogen and oxygen atoms in total. The molecule has 2 atom stereocenters. The molecule has 2 heterocycles. The SMILES string of the molecule is CC(C)(C)OC(=O)N1CC[C@H]2CNCCO[C@H]2C1. The van der Waals surface area contributed by atoms with Crippen molar-refractivity contribution in [3.8, 4) is 0 Å². The van der Waals surface area contributed by atoms with Crippen molar-refractivity contribution in [1.29, 1.82) is 0 Å². The Morgan fingerprint density at radius 3 is 2.94 bits per heavy atom. The lowest BCUT2D eigenvalue weighted by Gasteiger charge is -2.37. The minimum absolute atomic E-state index is 0.154. The van der Waals surface area contributed by atoms with Gasteiger partial charge >= 0.3 is 6.09 Å². The lowest BCUT2D eigenvalue weighted by molar-refractivity contribution is -0.0349. The summed E-state index contributed by atoms with van der Waals surface area (Å²) in [6.07, 6.45) is 0.916. The number of nitrogens with one attached hydrogen (secondary N) is 1. The zero-order valence-electron chi connectivity index (χ0n) is 11.6. The summed E-state index contributed by atoms with van der Waals surface area (Å²) in [5, 5.41) is 3.37. The van der Waals surface area contributed by atoms with Crippen LogP contribution in [0.15, 0.2) is 0 Å². The monoisotopic (exact) mass is 256 g/mol. The highest BCUT2D eigenvalue weighted by molar-refractivity contribution is 5.68. The molecule has 0 aromatic rings. The summed E-state index contributed by atoms with van der Waals surface area (Å²) in [6.45, 7) is 9.72. The lowest BCUT2D eigenvalue weighted by atomic mass is 9.94. The molecular weight excluding hydrogens is 232 g/mol. The fraction of sp³-hybridized carbons (Fsp3) is 0.923. The first-order valence-corrected chi connectivity index (χ1v) is 6.76. The Kier molecular flexibility index (Phi) is 4.12. The maximum atomic E-state index is 12.0. The van der Waals surface area contributed by atoms with E-state index < -0.39 is 5.60 Å². The quantitative estimate of drug-likeness (QED) is 0.708. The zero-order chi connectivity index (χ0) is 13.2. The molecule has 2 aliphatic rings. The van der Waals surface area contributed by atoms with Crippen molar-refractivity contribution in [2.45, 2.75) is 38.9 Å². The summed E-state index contributed by atoms with van der Waals surface area (Å²) < 4.78 is 11.2. The minimum Gasteiger partial charge on any atom is -0.444 e. The highest BCUT2D eigenvalue weighted by Crippen LogP contribution is 2.23. The molecular formula is C13H24N2O3. The molecule has 0 unspecified atom stereocenters. The molecule has 0 radical (unpaired) electrons. The molecule has 0 bridgehead atoms. The fourth-order valence-electron chi connectivity index (χ4n) is 2.45. The number of ether oxygens (including phenoxy) is 2.